The van der Waals surface area contributed by atoms with Gasteiger partial charge in [-0.25, -0.2) is 4.98 Å². The highest BCUT2D eigenvalue weighted by atomic mass is 32.1. The lowest BCUT2D eigenvalue weighted by atomic mass is 9.87. The number of hydrogen-bond acceptors (Lipinski definition) is 4. The lowest BCUT2D eigenvalue weighted by Gasteiger charge is -2.25. The van der Waals surface area contributed by atoms with E-state index >= 15 is 0 Å². The molecule has 0 saturated carbocycles. The molecule has 0 saturated heterocycles. The standard InChI is InChI=1S/C16H18N2OS/c1-10-11(2)20-16(18-10)7-15(19)14-9-17-8-12-5-3-4-6-13(12)14/h3-6,14,17H,7-9H2,1-2H3. The highest BCUT2D eigenvalue weighted by molar-refractivity contribution is 7.11. The highest BCUT2D eigenvalue weighted by Gasteiger charge is 2.26. The van der Waals surface area contributed by atoms with Gasteiger partial charge in [0.2, 0.25) is 0 Å². The minimum absolute atomic E-state index is 0.0375. The van der Waals surface area contributed by atoms with Crippen LogP contribution in [-0.4, -0.2) is 17.3 Å². The number of ketones is 1. The molecular formula is C16H18N2OS. The van der Waals surface area contributed by atoms with Crippen LogP contribution in [0.25, 0.3) is 0 Å². The Bertz CT molecular complexity index is 628. The number of fused-ring (bicyclic) bond motifs is 1. The zero-order chi connectivity index (χ0) is 14.1. The minimum atomic E-state index is -0.0375. The van der Waals surface area contributed by atoms with E-state index in [9.17, 15) is 4.79 Å². The fourth-order valence-electron chi connectivity index (χ4n) is 2.67. The van der Waals surface area contributed by atoms with Gasteiger partial charge in [0.25, 0.3) is 0 Å². The van der Waals surface area contributed by atoms with E-state index in [-0.39, 0.29) is 11.7 Å². The largest absolute Gasteiger partial charge is 0.312 e. The molecule has 1 aliphatic heterocycles. The number of carbonyl (C=O) groups is 1. The zero-order valence-corrected chi connectivity index (χ0v) is 12.6. The van der Waals surface area contributed by atoms with Crippen molar-refractivity contribution < 1.29 is 4.79 Å². The summed E-state index contributed by atoms with van der Waals surface area (Å²) >= 11 is 1.64. The number of thiazole rings is 1. The Labute approximate surface area is 123 Å². The molecule has 1 unspecified atom stereocenters. The lowest BCUT2D eigenvalue weighted by molar-refractivity contribution is -0.119. The van der Waals surface area contributed by atoms with Crippen LogP contribution in [-0.2, 0) is 17.8 Å². The monoisotopic (exact) mass is 286 g/mol. The van der Waals surface area contributed by atoms with Crippen LogP contribution in [0.4, 0.5) is 0 Å². The van der Waals surface area contributed by atoms with Crippen molar-refractivity contribution in [3.05, 3.63) is 51.0 Å². The van der Waals surface area contributed by atoms with E-state index in [1.54, 1.807) is 11.3 Å². The van der Waals surface area contributed by atoms with Gasteiger partial charge in [-0.3, -0.25) is 4.79 Å². The summed E-state index contributed by atoms with van der Waals surface area (Å²) in [6.45, 7) is 5.64. The first-order chi connectivity index (χ1) is 9.65. The van der Waals surface area contributed by atoms with Gasteiger partial charge < -0.3 is 5.32 Å². The van der Waals surface area contributed by atoms with E-state index in [4.69, 9.17) is 0 Å². The summed E-state index contributed by atoms with van der Waals surface area (Å²) in [6, 6.07) is 8.22. The van der Waals surface area contributed by atoms with Gasteiger partial charge in [0, 0.05) is 18.0 Å². The predicted octanol–water partition coefficient (Wildman–Crippen LogP) is 2.76. The molecule has 3 nitrogen and oxygen atoms in total. The van der Waals surface area contributed by atoms with Crippen LogP contribution in [0.2, 0.25) is 0 Å². The van der Waals surface area contributed by atoms with Crippen molar-refractivity contribution in [2.45, 2.75) is 32.7 Å². The summed E-state index contributed by atoms with van der Waals surface area (Å²) in [7, 11) is 0. The number of aryl methyl sites for hydroxylation is 2. The van der Waals surface area contributed by atoms with E-state index in [2.05, 4.69) is 29.4 Å². The van der Waals surface area contributed by atoms with E-state index in [0.717, 1.165) is 23.8 Å². The summed E-state index contributed by atoms with van der Waals surface area (Å²) in [4.78, 5) is 18.3. The predicted molar refractivity (Wildman–Crippen MR) is 81.2 cm³/mol. The van der Waals surface area contributed by atoms with Crippen molar-refractivity contribution in [1.82, 2.24) is 10.3 Å². The second kappa shape index (κ2) is 5.46. The van der Waals surface area contributed by atoms with Crippen molar-refractivity contribution in [2.75, 3.05) is 6.54 Å². The van der Waals surface area contributed by atoms with Gasteiger partial charge in [0.15, 0.2) is 0 Å². The Kier molecular flexibility index (Phi) is 3.68. The molecule has 1 aromatic carbocycles. The fourth-order valence-corrected chi connectivity index (χ4v) is 3.61. The number of carbonyl (C=O) groups excluding carboxylic acids is 1. The molecule has 1 N–H and O–H groups in total. The third-order valence-corrected chi connectivity index (χ3v) is 4.95. The normalized spacial score (nSPS) is 17.8. The van der Waals surface area contributed by atoms with Gasteiger partial charge in [-0.05, 0) is 25.0 Å². The second-order valence-corrected chi connectivity index (χ2v) is 6.56. The van der Waals surface area contributed by atoms with Crippen LogP contribution < -0.4 is 5.32 Å². The Hall–Kier alpha value is -1.52. The number of nitrogens with zero attached hydrogens (tertiary/aromatic N) is 1. The molecule has 3 rings (SSSR count). The van der Waals surface area contributed by atoms with Crippen molar-refractivity contribution in [3.8, 4) is 0 Å². The van der Waals surface area contributed by atoms with Crippen LogP contribution in [0.15, 0.2) is 24.3 Å². The molecule has 0 spiro atoms. The maximum Gasteiger partial charge on any atom is 0.148 e. The molecule has 104 valence electrons. The number of benzene rings is 1. The molecule has 1 aliphatic rings. The Balaban J connectivity index is 1.81. The fraction of sp³-hybridized carbons (Fsp3) is 0.375. The summed E-state index contributed by atoms with van der Waals surface area (Å²) in [5, 5.41) is 4.27. The van der Waals surface area contributed by atoms with E-state index < -0.39 is 0 Å². The SMILES string of the molecule is Cc1nc(CC(=O)C2CNCc3ccccc32)sc1C. The van der Waals surface area contributed by atoms with Crippen LogP contribution >= 0.6 is 11.3 Å². The molecule has 0 aliphatic carbocycles. The zero-order valence-electron chi connectivity index (χ0n) is 11.8. The minimum Gasteiger partial charge on any atom is -0.312 e. The van der Waals surface area contributed by atoms with Gasteiger partial charge in [-0.15, -0.1) is 11.3 Å². The molecule has 0 fully saturated rings. The molecule has 1 aromatic heterocycles. The smallest absolute Gasteiger partial charge is 0.148 e. The van der Waals surface area contributed by atoms with E-state index in [1.807, 2.05) is 19.1 Å². The average Bonchev–Trinajstić information content (AvgIpc) is 2.76. The maximum atomic E-state index is 12.6. The first kappa shape index (κ1) is 13.5. The number of aromatic nitrogens is 1. The molecule has 2 heterocycles. The average molecular weight is 286 g/mol. The van der Waals surface area contributed by atoms with Crippen LogP contribution in [0, 0.1) is 13.8 Å². The van der Waals surface area contributed by atoms with Crippen LogP contribution in [0.5, 0.6) is 0 Å². The quantitative estimate of drug-likeness (QED) is 0.943. The first-order valence-corrected chi connectivity index (χ1v) is 7.71. The van der Waals surface area contributed by atoms with Crippen molar-refractivity contribution >= 4 is 17.1 Å². The number of Topliss-reactive ketones (excluding diaryl/α,β-unsaturated/α-hetero) is 1. The summed E-state index contributed by atoms with van der Waals surface area (Å²) in [5.74, 6) is 0.225. The third kappa shape index (κ3) is 2.53. The Morgan fingerprint density at radius 1 is 1.40 bits per heavy atom. The molecule has 0 radical (unpaired) electrons. The van der Waals surface area contributed by atoms with Gasteiger partial charge in [-0.2, -0.15) is 0 Å². The van der Waals surface area contributed by atoms with Gasteiger partial charge in [-0.1, -0.05) is 24.3 Å². The Morgan fingerprint density at radius 2 is 2.20 bits per heavy atom. The number of rotatable bonds is 3. The lowest BCUT2D eigenvalue weighted by Crippen LogP contribution is -2.33. The molecule has 4 heteroatoms. The Morgan fingerprint density at radius 3 is 2.95 bits per heavy atom. The van der Waals surface area contributed by atoms with Gasteiger partial charge >= 0.3 is 0 Å². The molecule has 1 atom stereocenters. The molecular weight excluding hydrogens is 268 g/mol. The van der Waals surface area contributed by atoms with Crippen molar-refractivity contribution in [3.63, 3.8) is 0 Å². The number of nitrogens with one attached hydrogen (secondary N) is 1. The maximum absolute atomic E-state index is 12.6. The topological polar surface area (TPSA) is 42.0 Å². The van der Waals surface area contributed by atoms with Gasteiger partial charge in [0.1, 0.15) is 10.8 Å². The van der Waals surface area contributed by atoms with Crippen molar-refractivity contribution in [2.24, 2.45) is 0 Å². The van der Waals surface area contributed by atoms with Gasteiger partial charge in [0.05, 0.1) is 18.0 Å². The molecule has 0 bridgehead atoms. The summed E-state index contributed by atoms with van der Waals surface area (Å²) in [6.07, 6.45) is 0.444. The first-order valence-electron chi connectivity index (χ1n) is 6.89. The molecule has 2 aromatic rings. The third-order valence-electron chi connectivity index (χ3n) is 3.88. The van der Waals surface area contributed by atoms with Crippen molar-refractivity contribution in [1.29, 1.82) is 0 Å². The number of hydrogen-bond donors (Lipinski definition) is 1. The second-order valence-electron chi connectivity index (χ2n) is 5.27. The van der Waals surface area contributed by atoms with E-state index in [1.165, 1.54) is 16.0 Å². The van der Waals surface area contributed by atoms with Crippen LogP contribution in [0.1, 0.15) is 32.6 Å². The summed E-state index contributed by atoms with van der Waals surface area (Å²) in [5.41, 5.74) is 3.46. The molecule has 0 amide bonds. The highest BCUT2D eigenvalue weighted by Crippen LogP contribution is 2.26. The summed E-state index contributed by atoms with van der Waals surface area (Å²) < 4.78 is 0. The van der Waals surface area contributed by atoms with Crippen LogP contribution in [0.3, 0.4) is 0 Å². The molecule has 20 heavy (non-hydrogen) atoms. The van der Waals surface area contributed by atoms with E-state index in [0.29, 0.717) is 6.42 Å².